The third-order valence-electron chi connectivity index (χ3n) is 1.22. The van der Waals surface area contributed by atoms with Crippen LogP contribution < -0.4 is 0 Å². The van der Waals surface area contributed by atoms with Gasteiger partial charge in [0, 0.05) is 18.9 Å². The summed E-state index contributed by atoms with van der Waals surface area (Å²) in [6.07, 6.45) is 8.29. The SMILES string of the molecule is CC=CCn1cccc1. The highest BCUT2D eigenvalue weighted by Gasteiger charge is 1.79. The number of aromatic nitrogens is 1. The van der Waals surface area contributed by atoms with Gasteiger partial charge in [-0.2, -0.15) is 0 Å². The van der Waals surface area contributed by atoms with Gasteiger partial charge in [-0.05, 0) is 19.1 Å². The molecule has 0 amide bonds. The lowest BCUT2D eigenvalue weighted by atomic mass is 10.5. The summed E-state index contributed by atoms with van der Waals surface area (Å²) in [7, 11) is 0. The highest BCUT2D eigenvalue weighted by atomic mass is 14.9. The lowest BCUT2D eigenvalue weighted by Gasteiger charge is -1.92. The van der Waals surface area contributed by atoms with Crippen LogP contribution in [0.15, 0.2) is 36.7 Å². The maximum absolute atomic E-state index is 2.12. The van der Waals surface area contributed by atoms with E-state index in [4.69, 9.17) is 0 Å². The summed E-state index contributed by atoms with van der Waals surface area (Å²) in [6, 6.07) is 4.06. The van der Waals surface area contributed by atoms with Crippen molar-refractivity contribution in [1.29, 1.82) is 0 Å². The fraction of sp³-hybridized carbons (Fsp3) is 0.250. The van der Waals surface area contributed by atoms with E-state index in [1.807, 2.05) is 19.1 Å². The molecule has 0 saturated carbocycles. The Morgan fingerprint density at radius 2 is 2.00 bits per heavy atom. The summed E-state index contributed by atoms with van der Waals surface area (Å²) in [5.41, 5.74) is 0. The van der Waals surface area contributed by atoms with Crippen LogP contribution >= 0.6 is 0 Å². The fourth-order valence-corrected chi connectivity index (χ4v) is 0.719. The van der Waals surface area contributed by atoms with Crippen LogP contribution in [0.25, 0.3) is 0 Å². The van der Waals surface area contributed by atoms with Gasteiger partial charge in [0.05, 0.1) is 0 Å². The molecule has 9 heavy (non-hydrogen) atoms. The molecule has 0 N–H and O–H groups in total. The molecular weight excluding hydrogens is 110 g/mol. The van der Waals surface area contributed by atoms with Crippen LogP contribution in [-0.2, 0) is 6.54 Å². The molecule has 0 atom stereocenters. The van der Waals surface area contributed by atoms with Gasteiger partial charge >= 0.3 is 0 Å². The van der Waals surface area contributed by atoms with Crippen LogP contribution in [0.4, 0.5) is 0 Å². The molecule has 1 aromatic rings. The van der Waals surface area contributed by atoms with Gasteiger partial charge in [-0.3, -0.25) is 0 Å². The van der Waals surface area contributed by atoms with Crippen molar-refractivity contribution in [2.24, 2.45) is 0 Å². The topological polar surface area (TPSA) is 4.93 Å². The van der Waals surface area contributed by atoms with E-state index in [-0.39, 0.29) is 0 Å². The molecule has 1 nitrogen and oxygen atoms in total. The molecular formula is C8H11N. The van der Waals surface area contributed by atoms with E-state index >= 15 is 0 Å². The molecule has 1 heteroatoms. The van der Waals surface area contributed by atoms with E-state index in [1.165, 1.54) is 0 Å². The van der Waals surface area contributed by atoms with E-state index in [0.717, 1.165) is 6.54 Å². The van der Waals surface area contributed by atoms with Gasteiger partial charge in [-0.25, -0.2) is 0 Å². The van der Waals surface area contributed by atoms with Gasteiger partial charge < -0.3 is 4.57 Å². The summed E-state index contributed by atoms with van der Waals surface area (Å²) in [5, 5.41) is 0. The first-order valence-electron chi connectivity index (χ1n) is 3.15. The third-order valence-corrected chi connectivity index (χ3v) is 1.22. The van der Waals surface area contributed by atoms with Crippen molar-refractivity contribution < 1.29 is 0 Å². The Bertz CT molecular complexity index is 172. The molecule has 0 aromatic carbocycles. The van der Waals surface area contributed by atoms with Gasteiger partial charge in [0.2, 0.25) is 0 Å². The van der Waals surface area contributed by atoms with Crippen molar-refractivity contribution in [2.75, 3.05) is 0 Å². The van der Waals surface area contributed by atoms with Crippen LogP contribution in [0.3, 0.4) is 0 Å². The van der Waals surface area contributed by atoms with Gasteiger partial charge in [0.15, 0.2) is 0 Å². The highest BCUT2D eigenvalue weighted by Crippen LogP contribution is 1.89. The Labute approximate surface area is 55.6 Å². The minimum Gasteiger partial charge on any atom is -0.351 e. The van der Waals surface area contributed by atoms with Gasteiger partial charge in [-0.1, -0.05) is 12.2 Å². The molecule has 0 aliphatic rings. The smallest absolute Gasteiger partial charge is 0.0400 e. The molecule has 1 aromatic heterocycles. The Morgan fingerprint density at radius 1 is 1.33 bits per heavy atom. The number of rotatable bonds is 2. The van der Waals surface area contributed by atoms with Crippen molar-refractivity contribution in [3.63, 3.8) is 0 Å². The standard InChI is InChI=1S/C8H11N/c1-2-3-6-9-7-4-5-8-9/h2-5,7-8H,6H2,1H3. The molecule has 0 spiro atoms. The van der Waals surface area contributed by atoms with Crippen molar-refractivity contribution >= 4 is 0 Å². The minimum atomic E-state index is 0.990. The van der Waals surface area contributed by atoms with Crippen LogP contribution in [0, 0.1) is 0 Å². The maximum atomic E-state index is 2.12. The maximum Gasteiger partial charge on any atom is 0.0400 e. The molecule has 0 radical (unpaired) electrons. The van der Waals surface area contributed by atoms with Crippen molar-refractivity contribution in [3.05, 3.63) is 36.7 Å². The average molecular weight is 121 g/mol. The number of hydrogen-bond acceptors (Lipinski definition) is 0. The number of nitrogens with zero attached hydrogens (tertiary/aromatic N) is 1. The van der Waals surface area contributed by atoms with Gasteiger partial charge in [0.1, 0.15) is 0 Å². The third kappa shape index (κ3) is 1.76. The minimum absolute atomic E-state index is 0.990. The predicted octanol–water partition coefficient (Wildman–Crippen LogP) is 2.06. The van der Waals surface area contributed by atoms with Crippen molar-refractivity contribution in [1.82, 2.24) is 4.57 Å². The molecule has 0 unspecified atom stereocenters. The fourth-order valence-electron chi connectivity index (χ4n) is 0.719. The lowest BCUT2D eigenvalue weighted by molar-refractivity contribution is 0.829. The second kappa shape index (κ2) is 3.13. The first-order valence-corrected chi connectivity index (χ1v) is 3.15. The first-order chi connectivity index (χ1) is 4.43. The molecule has 1 heterocycles. The second-order valence-corrected chi connectivity index (χ2v) is 1.95. The zero-order valence-electron chi connectivity index (χ0n) is 5.62. The Hall–Kier alpha value is -0.980. The van der Waals surface area contributed by atoms with E-state index in [1.54, 1.807) is 0 Å². The Balaban J connectivity index is 2.48. The largest absolute Gasteiger partial charge is 0.351 e. The van der Waals surface area contributed by atoms with Crippen molar-refractivity contribution in [3.8, 4) is 0 Å². The number of hydrogen-bond donors (Lipinski definition) is 0. The second-order valence-electron chi connectivity index (χ2n) is 1.95. The summed E-state index contributed by atoms with van der Waals surface area (Å²) < 4.78 is 2.12. The monoisotopic (exact) mass is 121 g/mol. The summed E-state index contributed by atoms with van der Waals surface area (Å²) in [5.74, 6) is 0. The zero-order chi connectivity index (χ0) is 6.53. The molecule has 0 saturated heterocycles. The van der Waals surface area contributed by atoms with E-state index in [9.17, 15) is 0 Å². The van der Waals surface area contributed by atoms with Gasteiger partial charge in [0.25, 0.3) is 0 Å². The Morgan fingerprint density at radius 3 is 2.56 bits per heavy atom. The molecule has 0 aliphatic carbocycles. The van der Waals surface area contributed by atoms with Gasteiger partial charge in [-0.15, -0.1) is 0 Å². The number of allylic oxidation sites excluding steroid dienone is 2. The lowest BCUT2D eigenvalue weighted by Crippen LogP contribution is -1.87. The van der Waals surface area contributed by atoms with Crippen molar-refractivity contribution in [2.45, 2.75) is 13.5 Å². The Kier molecular flexibility index (Phi) is 2.13. The first kappa shape index (κ1) is 6.14. The quantitative estimate of drug-likeness (QED) is 0.528. The van der Waals surface area contributed by atoms with E-state index in [0.29, 0.717) is 0 Å². The summed E-state index contributed by atoms with van der Waals surface area (Å²) in [6.45, 7) is 3.02. The van der Waals surface area contributed by atoms with Crippen LogP contribution in [0.2, 0.25) is 0 Å². The highest BCUT2D eigenvalue weighted by molar-refractivity contribution is 4.92. The van der Waals surface area contributed by atoms with E-state index < -0.39 is 0 Å². The van der Waals surface area contributed by atoms with Crippen LogP contribution in [0.1, 0.15) is 6.92 Å². The molecule has 0 bridgehead atoms. The molecule has 0 aliphatic heterocycles. The zero-order valence-corrected chi connectivity index (χ0v) is 5.62. The van der Waals surface area contributed by atoms with Crippen LogP contribution in [0.5, 0.6) is 0 Å². The normalized spacial score (nSPS) is 10.8. The summed E-state index contributed by atoms with van der Waals surface area (Å²) >= 11 is 0. The average Bonchev–Trinajstić information content (AvgIpc) is 2.34. The summed E-state index contributed by atoms with van der Waals surface area (Å²) in [4.78, 5) is 0. The molecule has 48 valence electrons. The molecule has 0 fully saturated rings. The van der Waals surface area contributed by atoms with Crippen LogP contribution in [-0.4, -0.2) is 4.57 Å². The van der Waals surface area contributed by atoms with E-state index in [2.05, 4.69) is 29.1 Å². The molecule has 1 rings (SSSR count). The predicted molar refractivity (Wildman–Crippen MR) is 39.2 cm³/mol.